The monoisotopic (exact) mass is 357 g/mol. The Kier molecular flexibility index (Phi) is 4.24. The molecule has 0 saturated heterocycles. The fraction of sp³-hybridized carbons (Fsp3) is 0.188. The number of hydrogen-bond acceptors (Lipinski definition) is 5. The van der Waals surface area contributed by atoms with Crippen molar-refractivity contribution in [2.45, 2.75) is 12.8 Å². The summed E-state index contributed by atoms with van der Waals surface area (Å²) in [6.45, 7) is 0. The molecule has 1 N–H and O–H groups in total. The van der Waals surface area contributed by atoms with Gasteiger partial charge in [-0.2, -0.15) is 0 Å². The number of fused-ring (bicyclic) bond motifs is 3. The second-order valence-electron chi connectivity index (χ2n) is 4.92. The van der Waals surface area contributed by atoms with Crippen molar-refractivity contribution in [1.82, 2.24) is 4.98 Å². The summed E-state index contributed by atoms with van der Waals surface area (Å²) >= 11 is 1.69. The van der Waals surface area contributed by atoms with E-state index in [1.807, 2.05) is 18.2 Å². The van der Waals surface area contributed by atoms with Crippen LogP contribution in [0.2, 0.25) is 0 Å². The zero-order valence-electron chi connectivity index (χ0n) is 11.9. The van der Waals surface area contributed by atoms with Gasteiger partial charge in [0.2, 0.25) is 0 Å². The molecule has 2 aromatic heterocycles. The number of aromatic nitrogens is 1. The molecular weight excluding hydrogens is 343 g/mol. The Labute approximate surface area is 142 Å². The van der Waals surface area contributed by atoms with Crippen LogP contribution < -0.4 is 10.1 Å². The fourth-order valence-electron chi connectivity index (χ4n) is 2.62. The fourth-order valence-corrected chi connectivity index (χ4v) is 3.60. The first-order valence-electron chi connectivity index (χ1n) is 6.81. The smallest absolute Gasteiger partial charge is 0.497 e. The molecule has 2 heterocycles. The van der Waals surface area contributed by atoms with Crippen molar-refractivity contribution in [1.29, 1.82) is 0 Å². The van der Waals surface area contributed by atoms with E-state index in [0.717, 1.165) is 35.3 Å². The molecule has 0 fully saturated rings. The van der Waals surface area contributed by atoms with Gasteiger partial charge in [0.15, 0.2) is 11.0 Å². The molecule has 0 aliphatic heterocycles. The van der Waals surface area contributed by atoms with Gasteiger partial charge in [-0.15, -0.1) is 11.3 Å². The Morgan fingerprint density at radius 2 is 2.18 bits per heavy atom. The van der Waals surface area contributed by atoms with Gasteiger partial charge in [-0.25, -0.2) is 4.98 Å². The van der Waals surface area contributed by atoms with E-state index in [1.54, 1.807) is 24.7 Å². The maximum absolute atomic E-state index is 5.31. The van der Waals surface area contributed by atoms with Crippen LogP contribution in [0.15, 0.2) is 41.0 Å². The zero-order chi connectivity index (χ0) is 14.2. The predicted octanol–water partition coefficient (Wildman–Crippen LogP) is 4.25. The average molecular weight is 357 g/mol. The van der Waals surface area contributed by atoms with Crippen LogP contribution in [0, 0.1) is 0 Å². The van der Waals surface area contributed by atoms with Crippen molar-refractivity contribution in [2.75, 3.05) is 12.4 Å². The molecule has 3 aromatic rings. The summed E-state index contributed by atoms with van der Waals surface area (Å²) in [6, 6.07) is 9.95. The normalized spacial score (nSPS) is 12.0. The molecular formula is C16H14CoN2O2S+2. The summed E-state index contributed by atoms with van der Waals surface area (Å²) in [5.74, 6) is 1.62. The second kappa shape index (κ2) is 6.16. The van der Waals surface area contributed by atoms with Crippen LogP contribution in [0.5, 0.6) is 5.75 Å². The number of methoxy groups -OCH3 is 1. The quantitative estimate of drug-likeness (QED) is 0.761. The van der Waals surface area contributed by atoms with Crippen LogP contribution >= 0.6 is 11.3 Å². The number of ether oxygens (including phenoxy) is 1. The Bertz CT molecular complexity index is 784. The third-order valence-electron chi connectivity index (χ3n) is 3.64. The minimum atomic E-state index is 0. The molecule has 0 atom stereocenters. The summed E-state index contributed by atoms with van der Waals surface area (Å²) in [5.41, 5.74) is 3.59. The van der Waals surface area contributed by atoms with Crippen molar-refractivity contribution in [3.05, 3.63) is 47.0 Å². The molecule has 1 aliphatic carbocycles. The predicted molar refractivity (Wildman–Crippen MR) is 83.5 cm³/mol. The average Bonchev–Trinajstić information content (AvgIpc) is 3.15. The summed E-state index contributed by atoms with van der Waals surface area (Å²) in [7, 11) is 1.70. The molecule has 0 saturated carbocycles. The maximum Gasteiger partial charge on any atom is 2.00 e. The number of aryl methyl sites for hydroxylation is 2. The largest absolute Gasteiger partial charge is 2.00 e. The molecule has 6 heteroatoms. The van der Waals surface area contributed by atoms with Gasteiger partial charge in [-0.05, 0) is 42.7 Å². The summed E-state index contributed by atoms with van der Waals surface area (Å²) in [6.07, 6.45) is 3.70. The number of thiazole rings is 1. The minimum Gasteiger partial charge on any atom is -0.497 e. The number of rotatable bonds is 3. The Morgan fingerprint density at radius 1 is 1.27 bits per heavy atom. The molecule has 113 valence electrons. The van der Waals surface area contributed by atoms with E-state index in [-0.39, 0.29) is 16.8 Å². The zero-order valence-corrected chi connectivity index (χ0v) is 13.7. The van der Waals surface area contributed by atoms with Gasteiger partial charge in [0, 0.05) is 16.5 Å². The van der Waals surface area contributed by atoms with Gasteiger partial charge in [0.1, 0.15) is 5.75 Å². The number of anilines is 2. The number of furan rings is 1. The van der Waals surface area contributed by atoms with E-state index in [4.69, 9.17) is 14.1 Å². The molecule has 1 aromatic carbocycles. The molecule has 4 nitrogen and oxygen atoms in total. The van der Waals surface area contributed by atoms with Crippen LogP contribution in [0.3, 0.4) is 0 Å². The van der Waals surface area contributed by atoms with Crippen LogP contribution in [0.25, 0.3) is 11.3 Å². The Morgan fingerprint density at radius 3 is 2.95 bits per heavy atom. The van der Waals surface area contributed by atoms with E-state index in [0.29, 0.717) is 0 Å². The van der Waals surface area contributed by atoms with Gasteiger partial charge in [-0.3, -0.25) is 0 Å². The van der Waals surface area contributed by atoms with Crippen LogP contribution in [0.4, 0.5) is 11.0 Å². The first-order valence-corrected chi connectivity index (χ1v) is 7.62. The van der Waals surface area contributed by atoms with Gasteiger partial charge in [0.25, 0.3) is 0 Å². The Balaban J connectivity index is 0.00000144. The van der Waals surface area contributed by atoms with E-state index in [1.165, 1.54) is 16.0 Å². The summed E-state index contributed by atoms with van der Waals surface area (Å²) < 4.78 is 10.6. The molecule has 0 spiro atoms. The maximum atomic E-state index is 5.31. The molecule has 4 rings (SSSR count). The van der Waals surface area contributed by atoms with E-state index in [9.17, 15) is 0 Å². The third-order valence-corrected chi connectivity index (χ3v) is 4.67. The van der Waals surface area contributed by atoms with Crippen molar-refractivity contribution >= 4 is 22.4 Å². The van der Waals surface area contributed by atoms with E-state index < -0.39 is 0 Å². The van der Waals surface area contributed by atoms with Gasteiger partial charge >= 0.3 is 16.8 Å². The molecule has 0 unspecified atom stereocenters. The molecule has 0 bridgehead atoms. The van der Waals surface area contributed by atoms with Gasteiger partial charge in [-0.1, -0.05) is 0 Å². The van der Waals surface area contributed by atoms with Crippen molar-refractivity contribution < 1.29 is 25.9 Å². The number of hydrogen-bond donors (Lipinski definition) is 1. The second-order valence-corrected chi connectivity index (χ2v) is 6.00. The minimum absolute atomic E-state index is 0. The van der Waals surface area contributed by atoms with Gasteiger partial charge < -0.3 is 14.5 Å². The van der Waals surface area contributed by atoms with Crippen molar-refractivity contribution in [3.8, 4) is 17.0 Å². The topological polar surface area (TPSA) is 47.3 Å². The standard InChI is InChI=1S/C16H14N2O2S.Co/c1-19-11-5-6-12-10(9-11)4-7-13-15(12)18-16(21-13)17-14-3-2-8-20-14;/h2-3,5-6,8-9H,4,7H2,1H3,(H,17,18);/q;+2. The molecule has 0 amide bonds. The van der Waals surface area contributed by atoms with Crippen molar-refractivity contribution in [2.24, 2.45) is 0 Å². The van der Waals surface area contributed by atoms with Crippen LogP contribution in [-0.4, -0.2) is 12.1 Å². The Hall–Kier alpha value is -1.76. The summed E-state index contributed by atoms with van der Waals surface area (Å²) in [5, 5.41) is 4.08. The third kappa shape index (κ3) is 2.65. The first-order chi connectivity index (χ1) is 10.3. The number of nitrogens with zero attached hydrogens (tertiary/aromatic N) is 1. The van der Waals surface area contributed by atoms with Gasteiger partial charge in [0.05, 0.1) is 19.1 Å². The molecule has 1 aliphatic rings. The van der Waals surface area contributed by atoms with Crippen LogP contribution in [-0.2, 0) is 29.6 Å². The SMILES string of the molecule is COc1ccc2c(c1)CCc1sc(Nc3ccco3)nc1-2.[Co+2]. The van der Waals surface area contributed by atoms with E-state index in [2.05, 4.69) is 17.4 Å². The molecule has 1 radical (unpaired) electrons. The number of benzene rings is 1. The first kappa shape index (κ1) is 15.1. The number of nitrogens with one attached hydrogen (secondary N) is 1. The van der Waals surface area contributed by atoms with E-state index >= 15 is 0 Å². The van der Waals surface area contributed by atoms with Crippen LogP contribution in [0.1, 0.15) is 10.4 Å². The van der Waals surface area contributed by atoms with Crippen molar-refractivity contribution in [3.63, 3.8) is 0 Å². The molecule has 22 heavy (non-hydrogen) atoms. The summed E-state index contributed by atoms with van der Waals surface area (Å²) in [4.78, 5) is 6.05.